The molecule has 2 nitrogen and oxygen atoms in total. The van der Waals surface area contributed by atoms with Crippen molar-refractivity contribution in [1.82, 2.24) is 4.90 Å². The molecule has 0 aromatic heterocycles. The van der Waals surface area contributed by atoms with Crippen molar-refractivity contribution in [1.29, 1.82) is 0 Å². The highest BCUT2D eigenvalue weighted by Crippen LogP contribution is 2.25. The topological polar surface area (TPSA) is 23.5 Å². The van der Waals surface area contributed by atoms with Crippen molar-refractivity contribution in [3.05, 3.63) is 29.3 Å². The second-order valence-corrected chi connectivity index (χ2v) is 5.55. The Morgan fingerprint density at radius 1 is 1.17 bits per heavy atom. The summed E-state index contributed by atoms with van der Waals surface area (Å²) in [6, 6.07) is 2.42. The third-order valence-electron chi connectivity index (χ3n) is 3.43. The van der Waals surface area contributed by atoms with Crippen LogP contribution in [-0.2, 0) is 6.54 Å². The molecule has 0 saturated carbocycles. The lowest BCUT2D eigenvalue weighted by molar-refractivity contribution is 0.134. The molecule has 1 aliphatic rings. The van der Waals surface area contributed by atoms with Crippen LogP contribution in [-0.4, -0.2) is 23.1 Å². The summed E-state index contributed by atoms with van der Waals surface area (Å²) in [5, 5.41) is 9.06. The molecular formula is C14H19F2NO. The first-order valence-corrected chi connectivity index (χ1v) is 6.35. The van der Waals surface area contributed by atoms with Crippen molar-refractivity contribution in [3.8, 4) is 5.75 Å². The monoisotopic (exact) mass is 255 g/mol. The molecule has 0 aliphatic carbocycles. The van der Waals surface area contributed by atoms with Gasteiger partial charge in [0.1, 0.15) is 0 Å². The molecule has 100 valence electrons. The highest BCUT2D eigenvalue weighted by atomic mass is 19.1. The molecule has 1 heterocycles. The molecule has 1 fully saturated rings. The molecule has 0 radical (unpaired) electrons. The van der Waals surface area contributed by atoms with E-state index in [4.69, 9.17) is 5.11 Å². The van der Waals surface area contributed by atoms with E-state index >= 15 is 0 Å². The molecule has 0 spiro atoms. The predicted octanol–water partition coefficient (Wildman–Crippen LogP) is 3.15. The first-order valence-electron chi connectivity index (χ1n) is 6.35. The van der Waals surface area contributed by atoms with Gasteiger partial charge in [-0.05, 0) is 36.0 Å². The van der Waals surface area contributed by atoms with Crippen LogP contribution in [0.15, 0.2) is 12.1 Å². The zero-order valence-corrected chi connectivity index (χ0v) is 10.8. The number of halogens is 2. The van der Waals surface area contributed by atoms with Gasteiger partial charge in [0, 0.05) is 19.6 Å². The summed E-state index contributed by atoms with van der Waals surface area (Å²) in [5.74, 6) is -1.44. The molecule has 1 N–H and O–H groups in total. The normalized spacial score (nSPS) is 25.3. The number of hydrogen-bond donors (Lipinski definition) is 1. The average molecular weight is 255 g/mol. The third kappa shape index (κ3) is 2.99. The molecular weight excluding hydrogens is 236 g/mol. The van der Waals surface area contributed by atoms with E-state index in [9.17, 15) is 8.78 Å². The van der Waals surface area contributed by atoms with Crippen LogP contribution in [0.2, 0.25) is 0 Å². The molecule has 18 heavy (non-hydrogen) atoms. The summed E-state index contributed by atoms with van der Waals surface area (Å²) in [7, 11) is 0. The van der Waals surface area contributed by atoms with Crippen LogP contribution in [0.3, 0.4) is 0 Å². The van der Waals surface area contributed by atoms with Crippen molar-refractivity contribution < 1.29 is 13.9 Å². The molecule has 1 aromatic carbocycles. The number of benzene rings is 1. The van der Waals surface area contributed by atoms with Crippen LogP contribution in [0.25, 0.3) is 0 Å². The Bertz CT molecular complexity index is 403. The largest absolute Gasteiger partial charge is 0.503 e. The highest BCUT2D eigenvalue weighted by Gasteiger charge is 2.22. The maximum atomic E-state index is 13.2. The number of likely N-dealkylation sites (tertiary alicyclic amines) is 1. The summed E-state index contributed by atoms with van der Waals surface area (Å²) in [6.45, 7) is 6.83. The SMILES string of the molecule is CC1CC(C)CN(Cc2cc(F)c(O)c(F)c2)C1. The van der Waals surface area contributed by atoms with Gasteiger partial charge < -0.3 is 5.11 Å². The smallest absolute Gasteiger partial charge is 0.187 e. The molecule has 0 amide bonds. The number of aromatic hydroxyl groups is 1. The van der Waals surface area contributed by atoms with E-state index in [1.807, 2.05) is 0 Å². The summed E-state index contributed by atoms with van der Waals surface area (Å²) in [6.07, 6.45) is 1.20. The molecule has 1 aliphatic heterocycles. The van der Waals surface area contributed by atoms with E-state index in [1.54, 1.807) is 0 Å². The van der Waals surface area contributed by atoms with E-state index in [2.05, 4.69) is 18.7 Å². The van der Waals surface area contributed by atoms with E-state index in [0.29, 0.717) is 23.9 Å². The number of rotatable bonds is 2. The highest BCUT2D eigenvalue weighted by molar-refractivity contribution is 5.30. The first-order chi connectivity index (χ1) is 8.45. The Morgan fingerprint density at radius 3 is 2.17 bits per heavy atom. The second kappa shape index (κ2) is 5.22. The van der Waals surface area contributed by atoms with Gasteiger partial charge in [-0.3, -0.25) is 4.90 Å². The number of piperidine rings is 1. The molecule has 4 heteroatoms. The fourth-order valence-electron chi connectivity index (χ4n) is 2.89. The lowest BCUT2D eigenvalue weighted by Crippen LogP contribution is -2.38. The van der Waals surface area contributed by atoms with E-state index < -0.39 is 17.4 Å². The van der Waals surface area contributed by atoms with Crippen molar-refractivity contribution in [2.45, 2.75) is 26.8 Å². The van der Waals surface area contributed by atoms with Crippen LogP contribution in [0.4, 0.5) is 8.78 Å². The van der Waals surface area contributed by atoms with Gasteiger partial charge in [0.2, 0.25) is 0 Å². The Balaban J connectivity index is 2.09. The zero-order chi connectivity index (χ0) is 13.3. The van der Waals surface area contributed by atoms with Crippen molar-refractivity contribution in [2.24, 2.45) is 11.8 Å². The summed E-state index contributed by atoms with van der Waals surface area (Å²) in [5.41, 5.74) is 0.573. The molecule has 2 rings (SSSR count). The Morgan fingerprint density at radius 2 is 1.67 bits per heavy atom. The molecule has 1 aromatic rings. The Hall–Kier alpha value is -1.16. The van der Waals surface area contributed by atoms with Gasteiger partial charge in [0.05, 0.1) is 0 Å². The van der Waals surface area contributed by atoms with Gasteiger partial charge in [-0.15, -0.1) is 0 Å². The van der Waals surface area contributed by atoms with Crippen LogP contribution >= 0.6 is 0 Å². The van der Waals surface area contributed by atoms with E-state index in [1.165, 1.54) is 18.6 Å². The number of phenolic OH excluding ortho intramolecular Hbond substituents is 1. The minimum absolute atomic E-state index is 0.531. The van der Waals surface area contributed by atoms with Crippen LogP contribution in [0.5, 0.6) is 5.75 Å². The maximum Gasteiger partial charge on any atom is 0.187 e. The van der Waals surface area contributed by atoms with Gasteiger partial charge in [0.15, 0.2) is 17.4 Å². The molecule has 2 unspecified atom stereocenters. The fraction of sp³-hybridized carbons (Fsp3) is 0.571. The van der Waals surface area contributed by atoms with Crippen molar-refractivity contribution >= 4 is 0 Å². The Kier molecular flexibility index (Phi) is 3.85. The van der Waals surface area contributed by atoms with Gasteiger partial charge in [-0.2, -0.15) is 0 Å². The van der Waals surface area contributed by atoms with Crippen molar-refractivity contribution in [3.63, 3.8) is 0 Å². The average Bonchev–Trinajstić information content (AvgIpc) is 2.24. The lowest BCUT2D eigenvalue weighted by atomic mass is 9.91. The van der Waals surface area contributed by atoms with Crippen LogP contribution in [0, 0.1) is 23.5 Å². The fourth-order valence-corrected chi connectivity index (χ4v) is 2.89. The van der Waals surface area contributed by atoms with E-state index in [-0.39, 0.29) is 0 Å². The lowest BCUT2D eigenvalue weighted by Gasteiger charge is -2.35. The number of hydrogen-bond acceptors (Lipinski definition) is 2. The quantitative estimate of drug-likeness (QED) is 0.877. The zero-order valence-electron chi connectivity index (χ0n) is 10.8. The van der Waals surface area contributed by atoms with E-state index in [0.717, 1.165) is 13.1 Å². The van der Waals surface area contributed by atoms with Crippen LogP contribution < -0.4 is 0 Å². The summed E-state index contributed by atoms with van der Waals surface area (Å²) < 4.78 is 26.5. The van der Waals surface area contributed by atoms with Gasteiger partial charge in [-0.1, -0.05) is 13.8 Å². The van der Waals surface area contributed by atoms with Gasteiger partial charge >= 0.3 is 0 Å². The Labute approximate surface area is 106 Å². The standard InChI is InChI=1S/C14H19F2NO/c1-9-3-10(2)7-17(6-9)8-11-4-12(15)14(18)13(16)5-11/h4-5,9-10,18H,3,6-8H2,1-2H3. The minimum Gasteiger partial charge on any atom is -0.503 e. The summed E-state index contributed by atoms with van der Waals surface area (Å²) in [4.78, 5) is 2.21. The molecule has 2 atom stereocenters. The minimum atomic E-state index is -0.890. The van der Waals surface area contributed by atoms with Crippen molar-refractivity contribution in [2.75, 3.05) is 13.1 Å². The van der Waals surface area contributed by atoms with Gasteiger partial charge in [0.25, 0.3) is 0 Å². The molecule has 1 saturated heterocycles. The maximum absolute atomic E-state index is 13.2. The first kappa shape index (κ1) is 13.3. The number of nitrogens with zero attached hydrogens (tertiary/aromatic N) is 1. The summed E-state index contributed by atoms with van der Waals surface area (Å²) >= 11 is 0. The third-order valence-corrected chi connectivity index (χ3v) is 3.43. The van der Waals surface area contributed by atoms with Crippen LogP contribution in [0.1, 0.15) is 25.8 Å². The second-order valence-electron chi connectivity index (χ2n) is 5.55. The predicted molar refractivity (Wildman–Crippen MR) is 66.2 cm³/mol. The van der Waals surface area contributed by atoms with Gasteiger partial charge in [-0.25, -0.2) is 8.78 Å². The molecule has 0 bridgehead atoms. The number of phenols is 1.